The van der Waals surface area contributed by atoms with E-state index in [1.165, 1.54) is 12.1 Å². The molecule has 0 amide bonds. The number of hydrogen-bond acceptors (Lipinski definition) is 2. The van der Waals surface area contributed by atoms with Crippen LogP contribution in [0.1, 0.15) is 12.0 Å². The maximum Gasteiger partial charge on any atom is 0.390 e. The summed E-state index contributed by atoms with van der Waals surface area (Å²) in [4.78, 5) is 0.0396. The zero-order chi connectivity index (χ0) is 13.6. The van der Waals surface area contributed by atoms with Crippen LogP contribution in [0.4, 0.5) is 13.2 Å². The first-order valence-electron chi connectivity index (χ1n) is 5.35. The van der Waals surface area contributed by atoms with Gasteiger partial charge in [-0.3, -0.25) is 0 Å². The molecule has 100 valence electrons. The van der Waals surface area contributed by atoms with Crippen molar-refractivity contribution in [2.45, 2.75) is 30.5 Å². The second-order valence-electron chi connectivity index (χ2n) is 4.36. The molecular weight excluding hydrogens is 267 g/mol. The third-order valence-electron chi connectivity index (χ3n) is 2.76. The summed E-state index contributed by atoms with van der Waals surface area (Å²) >= 11 is 0. The third-order valence-corrected chi connectivity index (χ3v) is 4.69. The van der Waals surface area contributed by atoms with Crippen LogP contribution < -0.4 is 0 Å². The minimum Gasteiger partial charge on any atom is -0.207 e. The van der Waals surface area contributed by atoms with Crippen molar-refractivity contribution in [3.05, 3.63) is 29.8 Å². The molecule has 0 spiro atoms. The highest BCUT2D eigenvalue weighted by atomic mass is 32.2. The second-order valence-corrected chi connectivity index (χ2v) is 6.25. The smallest absolute Gasteiger partial charge is 0.207 e. The summed E-state index contributed by atoms with van der Waals surface area (Å²) in [7, 11) is -3.77. The van der Waals surface area contributed by atoms with Gasteiger partial charge in [-0.05, 0) is 19.1 Å². The molecule has 7 heteroatoms. The van der Waals surface area contributed by atoms with Crippen LogP contribution in [-0.4, -0.2) is 31.5 Å². The molecule has 0 saturated carbocycles. The van der Waals surface area contributed by atoms with Crippen molar-refractivity contribution < 1.29 is 21.6 Å². The second kappa shape index (κ2) is 4.24. The number of alkyl halides is 3. The highest BCUT2D eigenvalue weighted by Gasteiger charge is 2.49. The predicted molar refractivity (Wildman–Crippen MR) is 59.5 cm³/mol. The van der Waals surface area contributed by atoms with Gasteiger partial charge in [0.2, 0.25) is 10.0 Å². The number of aryl methyl sites for hydroxylation is 1. The topological polar surface area (TPSA) is 37.1 Å². The molecule has 1 saturated heterocycles. The fourth-order valence-electron chi connectivity index (χ4n) is 1.73. The summed E-state index contributed by atoms with van der Waals surface area (Å²) in [5.41, 5.74) is 0.895. The van der Waals surface area contributed by atoms with Gasteiger partial charge in [0, 0.05) is 12.6 Å². The van der Waals surface area contributed by atoms with Crippen molar-refractivity contribution in [1.82, 2.24) is 4.31 Å². The molecule has 1 aliphatic heterocycles. The number of benzene rings is 1. The first-order chi connectivity index (χ1) is 8.20. The van der Waals surface area contributed by atoms with Crippen LogP contribution >= 0.6 is 0 Å². The molecule has 1 heterocycles. The molecule has 0 N–H and O–H groups in total. The van der Waals surface area contributed by atoms with Crippen LogP contribution in [-0.2, 0) is 10.0 Å². The lowest BCUT2D eigenvalue weighted by Crippen LogP contribution is -2.19. The lowest BCUT2D eigenvalue weighted by Gasteiger charge is -2.08. The van der Waals surface area contributed by atoms with Gasteiger partial charge in [0.05, 0.1) is 11.3 Å². The minimum absolute atomic E-state index is 0.0396. The molecule has 1 aliphatic rings. The molecule has 0 bridgehead atoms. The Morgan fingerprint density at radius 2 is 1.83 bits per heavy atom. The Balaban J connectivity index is 2.13. The number of nitrogens with zero attached hydrogens (tertiary/aromatic N) is 1. The van der Waals surface area contributed by atoms with Crippen molar-refractivity contribution in [3.8, 4) is 0 Å². The normalized spacial score (nSPS) is 24.0. The highest BCUT2D eigenvalue weighted by Crippen LogP contribution is 2.35. The first kappa shape index (κ1) is 13.4. The van der Waals surface area contributed by atoms with E-state index in [0.717, 1.165) is 9.87 Å². The van der Waals surface area contributed by atoms with Gasteiger partial charge in [0.25, 0.3) is 0 Å². The summed E-state index contributed by atoms with van der Waals surface area (Å²) in [6.07, 6.45) is -5.42. The number of halogens is 3. The van der Waals surface area contributed by atoms with Gasteiger partial charge in [-0.15, -0.1) is 0 Å². The Hall–Kier alpha value is -1.08. The van der Waals surface area contributed by atoms with E-state index in [2.05, 4.69) is 0 Å². The van der Waals surface area contributed by atoms with Crippen LogP contribution in [0, 0.1) is 6.92 Å². The monoisotopic (exact) mass is 279 g/mol. The molecule has 1 aromatic carbocycles. The van der Waals surface area contributed by atoms with Gasteiger partial charge in [-0.1, -0.05) is 17.7 Å². The average Bonchev–Trinajstić information content (AvgIpc) is 2.95. The lowest BCUT2D eigenvalue weighted by molar-refractivity contribution is -0.134. The van der Waals surface area contributed by atoms with Crippen molar-refractivity contribution in [1.29, 1.82) is 0 Å². The number of hydrogen-bond donors (Lipinski definition) is 0. The standard InChI is InChI=1S/C11H12F3NO2S/c1-8-2-4-10(5-3-8)18(16,17)15-7-9(15)6-11(12,13)14/h2-5,9H,6-7H2,1H3. The van der Waals surface area contributed by atoms with Crippen molar-refractivity contribution in [2.24, 2.45) is 0 Å². The predicted octanol–water partition coefficient (Wildman–Crippen LogP) is 2.32. The lowest BCUT2D eigenvalue weighted by atomic mass is 10.2. The van der Waals surface area contributed by atoms with E-state index in [9.17, 15) is 21.6 Å². The van der Waals surface area contributed by atoms with E-state index in [1.54, 1.807) is 19.1 Å². The molecule has 2 unspecified atom stereocenters. The fraction of sp³-hybridized carbons (Fsp3) is 0.455. The van der Waals surface area contributed by atoms with Crippen LogP contribution in [0.5, 0.6) is 0 Å². The molecule has 2 rings (SSSR count). The quantitative estimate of drug-likeness (QED) is 0.796. The van der Waals surface area contributed by atoms with E-state index in [4.69, 9.17) is 0 Å². The van der Waals surface area contributed by atoms with E-state index in [0.29, 0.717) is 0 Å². The van der Waals surface area contributed by atoms with E-state index >= 15 is 0 Å². The number of rotatable bonds is 3. The maximum absolute atomic E-state index is 12.1. The van der Waals surface area contributed by atoms with E-state index in [-0.39, 0.29) is 11.4 Å². The Kier molecular flexibility index (Phi) is 3.14. The molecular formula is C11H12F3NO2S. The summed E-state index contributed by atoms with van der Waals surface area (Å²) in [6, 6.07) is 5.11. The average molecular weight is 279 g/mol. The van der Waals surface area contributed by atoms with Gasteiger partial charge in [-0.2, -0.15) is 17.5 Å². The van der Waals surface area contributed by atoms with Gasteiger partial charge in [0.1, 0.15) is 0 Å². The summed E-state index contributed by atoms with van der Waals surface area (Å²) in [5, 5.41) is 0. The zero-order valence-corrected chi connectivity index (χ0v) is 10.4. The van der Waals surface area contributed by atoms with E-state index in [1.807, 2.05) is 0 Å². The van der Waals surface area contributed by atoms with Gasteiger partial charge >= 0.3 is 6.18 Å². The third kappa shape index (κ3) is 2.84. The Labute approximate surface area is 103 Å². The summed E-state index contributed by atoms with van der Waals surface area (Å²) in [6.45, 7) is 1.75. The van der Waals surface area contributed by atoms with Crippen molar-refractivity contribution in [3.63, 3.8) is 0 Å². The molecule has 0 aromatic heterocycles. The molecule has 0 radical (unpaired) electrons. The molecule has 1 aromatic rings. The van der Waals surface area contributed by atoms with Crippen molar-refractivity contribution in [2.75, 3.05) is 6.54 Å². The van der Waals surface area contributed by atoms with Crippen LogP contribution in [0.2, 0.25) is 0 Å². The highest BCUT2D eigenvalue weighted by molar-refractivity contribution is 7.89. The van der Waals surface area contributed by atoms with Gasteiger partial charge in [0.15, 0.2) is 0 Å². The SMILES string of the molecule is Cc1ccc(S(=O)(=O)N2CC2CC(F)(F)F)cc1. The fourth-order valence-corrected chi connectivity index (χ4v) is 3.32. The number of sulfonamides is 1. The molecule has 18 heavy (non-hydrogen) atoms. The van der Waals surface area contributed by atoms with Gasteiger partial charge < -0.3 is 0 Å². The molecule has 2 atom stereocenters. The maximum atomic E-state index is 12.1. The zero-order valence-electron chi connectivity index (χ0n) is 9.61. The minimum atomic E-state index is -4.33. The molecule has 0 aliphatic carbocycles. The first-order valence-corrected chi connectivity index (χ1v) is 6.79. The summed E-state index contributed by atoms with van der Waals surface area (Å²) < 4.78 is 61.2. The van der Waals surface area contributed by atoms with E-state index < -0.39 is 28.7 Å². The summed E-state index contributed by atoms with van der Waals surface area (Å²) in [5.74, 6) is 0. The van der Waals surface area contributed by atoms with Crippen LogP contribution in [0.15, 0.2) is 29.2 Å². The molecule has 3 nitrogen and oxygen atoms in total. The molecule has 1 fully saturated rings. The van der Waals surface area contributed by atoms with Crippen molar-refractivity contribution >= 4 is 10.0 Å². The van der Waals surface area contributed by atoms with Gasteiger partial charge in [-0.25, -0.2) is 8.42 Å². The van der Waals surface area contributed by atoms with Crippen LogP contribution in [0.3, 0.4) is 0 Å². The largest absolute Gasteiger partial charge is 0.390 e. The Morgan fingerprint density at radius 1 is 1.28 bits per heavy atom. The van der Waals surface area contributed by atoms with Crippen LogP contribution in [0.25, 0.3) is 0 Å². The Morgan fingerprint density at radius 3 is 2.33 bits per heavy atom. The Bertz CT molecular complexity index is 536.